The third-order valence-electron chi connectivity index (χ3n) is 4.63. The zero-order valence-corrected chi connectivity index (χ0v) is 17.9. The quantitative estimate of drug-likeness (QED) is 0.352. The van der Waals surface area contributed by atoms with E-state index in [1.807, 2.05) is 0 Å². The maximum Gasteiger partial charge on any atom is 0.453 e. The van der Waals surface area contributed by atoms with Gasteiger partial charge in [-0.25, -0.2) is 9.97 Å². The monoisotopic (exact) mass is 515 g/mol. The smallest absolute Gasteiger partial charge is 0.350 e. The van der Waals surface area contributed by atoms with Crippen molar-refractivity contribution in [2.75, 3.05) is 6.54 Å². The molecule has 35 heavy (non-hydrogen) atoms. The van der Waals surface area contributed by atoms with Crippen LogP contribution in [0.25, 0.3) is 28.3 Å². The van der Waals surface area contributed by atoms with E-state index in [0.717, 1.165) is 6.20 Å². The molecule has 4 rings (SSSR count). The summed E-state index contributed by atoms with van der Waals surface area (Å²) in [5.74, 6) is -2.19. The van der Waals surface area contributed by atoms with Crippen molar-refractivity contribution in [3.05, 3.63) is 71.5 Å². The summed E-state index contributed by atoms with van der Waals surface area (Å²) in [6.07, 6.45) is -5.98. The second-order valence-corrected chi connectivity index (χ2v) is 7.55. The molecule has 0 bridgehead atoms. The molecule has 14 heteroatoms. The van der Waals surface area contributed by atoms with Gasteiger partial charge in [-0.05, 0) is 24.3 Å². The minimum atomic E-state index is -4.86. The highest BCUT2D eigenvalue weighted by molar-refractivity contribution is 6.30. The van der Waals surface area contributed by atoms with Crippen LogP contribution in [0.5, 0.6) is 0 Å². The van der Waals surface area contributed by atoms with Gasteiger partial charge in [0.2, 0.25) is 5.76 Å². The second-order valence-electron chi connectivity index (χ2n) is 7.11. The number of hydrogen-bond donors (Lipinski definition) is 1. The molecule has 0 aliphatic rings. The first-order chi connectivity index (χ1) is 16.4. The number of hydrogen-bond acceptors (Lipinski definition) is 5. The maximum atomic E-state index is 13.6. The van der Waals surface area contributed by atoms with E-state index in [-0.39, 0.29) is 22.8 Å². The van der Waals surface area contributed by atoms with Crippen LogP contribution in [0, 0.1) is 0 Å². The largest absolute Gasteiger partial charge is 0.453 e. The Kier molecular flexibility index (Phi) is 6.28. The van der Waals surface area contributed by atoms with Crippen molar-refractivity contribution >= 4 is 17.5 Å². The number of imidazole rings is 1. The van der Waals surface area contributed by atoms with Crippen LogP contribution in [0.1, 0.15) is 16.1 Å². The fraction of sp³-hybridized carbons (Fsp3) is 0.143. The SMILES string of the molecule is O=C(NCC(F)(F)F)c1ccc(-n2cnc(-c3c(-c4ccc(Cl)cc4)noc3C(F)(F)F)c2)nc1. The first kappa shape index (κ1) is 24.3. The van der Waals surface area contributed by atoms with Crippen molar-refractivity contribution in [1.82, 2.24) is 25.0 Å². The minimum absolute atomic E-state index is 0.108. The average molecular weight is 516 g/mol. The van der Waals surface area contributed by atoms with Crippen LogP contribution in [-0.2, 0) is 6.18 Å². The lowest BCUT2D eigenvalue weighted by Crippen LogP contribution is -2.33. The fourth-order valence-corrected chi connectivity index (χ4v) is 3.18. The predicted octanol–water partition coefficient (Wildman–Crippen LogP) is 5.55. The molecule has 0 atom stereocenters. The molecule has 0 radical (unpaired) electrons. The lowest BCUT2D eigenvalue weighted by molar-refractivity contribution is -0.155. The molecule has 0 saturated carbocycles. The third kappa shape index (κ3) is 5.45. The van der Waals surface area contributed by atoms with Gasteiger partial charge in [-0.2, -0.15) is 26.3 Å². The van der Waals surface area contributed by atoms with Gasteiger partial charge in [0, 0.05) is 23.0 Å². The van der Waals surface area contributed by atoms with Crippen LogP contribution in [0.15, 0.2) is 59.6 Å². The number of carbonyl (C=O) groups is 1. The highest BCUT2D eigenvalue weighted by Gasteiger charge is 2.41. The lowest BCUT2D eigenvalue weighted by atomic mass is 10.0. The van der Waals surface area contributed by atoms with Crippen LogP contribution >= 0.6 is 11.6 Å². The summed E-state index contributed by atoms with van der Waals surface area (Å²) in [5, 5.41) is 5.67. The summed E-state index contributed by atoms with van der Waals surface area (Å²) < 4.78 is 83.5. The number of halogens is 7. The van der Waals surface area contributed by atoms with Crippen molar-refractivity contribution in [2.45, 2.75) is 12.4 Å². The number of alkyl halides is 6. The Balaban J connectivity index is 1.65. The van der Waals surface area contributed by atoms with E-state index in [1.54, 1.807) is 5.32 Å². The van der Waals surface area contributed by atoms with Crippen LogP contribution in [0.3, 0.4) is 0 Å². The molecule has 0 aliphatic heterocycles. The van der Waals surface area contributed by atoms with Gasteiger partial charge in [-0.3, -0.25) is 9.36 Å². The highest BCUT2D eigenvalue weighted by Crippen LogP contribution is 2.42. The van der Waals surface area contributed by atoms with Gasteiger partial charge in [0.15, 0.2) is 0 Å². The van der Waals surface area contributed by atoms with Crippen molar-refractivity contribution in [3.8, 4) is 28.3 Å². The van der Waals surface area contributed by atoms with E-state index < -0.39 is 36.1 Å². The van der Waals surface area contributed by atoms with Gasteiger partial charge < -0.3 is 9.84 Å². The molecule has 182 valence electrons. The molecule has 0 aliphatic carbocycles. The summed E-state index contributed by atoms with van der Waals surface area (Å²) in [7, 11) is 0. The molecule has 3 aromatic heterocycles. The normalized spacial score (nSPS) is 12.1. The molecule has 3 heterocycles. The number of pyridine rings is 1. The number of carbonyl (C=O) groups excluding carboxylic acids is 1. The molecule has 1 aromatic carbocycles. The Bertz CT molecular complexity index is 1340. The summed E-state index contributed by atoms with van der Waals surface area (Å²) in [6.45, 7) is -1.51. The molecule has 4 aromatic rings. The molecule has 0 spiro atoms. The van der Waals surface area contributed by atoms with Crippen LogP contribution in [0.4, 0.5) is 26.3 Å². The van der Waals surface area contributed by atoms with E-state index in [1.165, 1.54) is 53.5 Å². The van der Waals surface area contributed by atoms with Crippen LogP contribution in [0.2, 0.25) is 5.02 Å². The van der Waals surface area contributed by atoms with Crippen molar-refractivity contribution in [1.29, 1.82) is 0 Å². The molecular weight excluding hydrogens is 504 g/mol. The topological polar surface area (TPSA) is 85.8 Å². The number of rotatable bonds is 5. The van der Waals surface area contributed by atoms with Gasteiger partial charge in [0.25, 0.3) is 5.91 Å². The third-order valence-corrected chi connectivity index (χ3v) is 4.88. The van der Waals surface area contributed by atoms with E-state index in [0.29, 0.717) is 10.6 Å². The van der Waals surface area contributed by atoms with Gasteiger partial charge in [0.05, 0.1) is 16.8 Å². The first-order valence-corrected chi connectivity index (χ1v) is 9.99. The van der Waals surface area contributed by atoms with Gasteiger partial charge >= 0.3 is 12.4 Å². The fourth-order valence-electron chi connectivity index (χ4n) is 3.06. The Hall–Kier alpha value is -3.87. The van der Waals surface area contributed by atoms with Gasteiger partial charge in [0.1, 0.15) is 24.4 Å². The van der Waals surface area contributed by atoms with Crippen LogP contribution in [-0.4, -0.2) is 38.3 Å². The zero-order valence-electron chi connectivity index (χ0n) is 17.2. The Morgan fingerprint density at radius 3 is 2.34 bits per heavy atom. The molecule has 0 fully saturated rings. The average Bonchev–Trinajstić information content (AvgIpc) is 3.45. The number of amides is 1. The second kappa shape index (κ2) is 9.06. The minimum Gasteiger partial charge on any atom is -0.350 e. The molecule has 0 unspecified atom stereocenters. The number of benzene rings is 1. The maximum absolute atomic E-state index is 13.6. The Morgan fingerprint density at radius 1 is 1.03 bits per heavy atom. The number of nitrogens with one attached hydrogen (secondary N) is 1. The standard InChI is InChI=1S/C21H12ClF6N5O2/c22-13-4-1-11(2-5-13)17-16(18(35-32-17)21(26,27)28)14-8-33(10-31-14)15-6-3-12(7-29-15)19(34)30-9-20(23,24)25/h1-8,10H,9H2,(H,30,34). The Morgan fingerprint density at radius 2 is 1.74 bits per heavy atom. The van der Waals surface area contributed by atoms with Crippen molar-refractivity contribution in [2.24, 2.45) is 0 Å². The lowest BCUT2D eigenvalue weighted by Gasteiger charge is -2.08. The van der Waals surface area contributed by atoms with Crippen molar-refractivity contribution < 1.29 is 35.7 Å². The van der Waals surface area contributed by atoms with E-state index in [4.69, 9.17) is 11.6 Å². The van der Waals surface area contributed by atoms with E-state index in [9.17, 15) is 31.1 Å². The van der Waals surface area contributed by atoms with Gasteiger partial charge in [-0.1, -0.05) is 28.9 Å². The number of aromatic nitrogens is 4. The first-order valence-electron chi connectivity index (χ1n) is 9.61. The van der Waals surface area contributed by atoms with E-state index in [2.05, 4.69) is 19.6 Å². The summed E-state index contributed by atoms with van der Waals surface area (Å²) >= 11 is 5.85. The summed E-state index contributed by atoms with van der Waals surface area (Å²) in [6, 6.07) is 8.44. The molecule has 0 saturated heterocycles. The number of nitrogens with zero attached hydrogens (tertiary/aromatic N) is 4. The summed E-state index contributed by atoms with van der Waals surface area (Å²) in [5.41, 5.74) is -0.463. The Labute approximate surface area is 197 Å². The van der Waals surface area contributed by atoms with Crippen molar-refractivity contribution in [3.63, 3.8) is 0 Å². The highest BCUT2D eigenvalue weighted by atomic mass is 35.5. The van der Waals surface area contributed by atoms with Crippen LogP contribution < -0.4 is 5.32 Å². The molecule has 1 N–H and O–H groups in total. The molecule has 1 amide bonds. The molecule has 7 nitrogen and oxygen atoms in total. The predicted molar refractivity (Wildman–Crippen MR) is 111 cm³/mol. The van der Waals surface area contributed by atoms with Gasteiger partial charge in [-0.15, -0.1) is 0 Å². The molecular formula is C21H12ClF6N5O2. The zero-order chi connectivity index (χ0) is 25.4. The van der Waals surface area contributed by atoms with E-state index >= 15 is 0 Å². The summed E-state index contributed by atoms with van der Waals surface area (Å²) in [4.78, 5) is 19.8.